The molecule has 1 aliphatic heterocycles. The lowest BCUT2D eigenvalue weighted by atomic mass is 9.55. The average molecular weight is 922 g/mol. The number of unbranched alkanes of at least 4 members (excludes halogenated alkanes) is 11. The number of rotatable bonds is 26. The van der Waals surface area contributed by atoms with Crippen LogP contribution in [0, 0.1) is 17.8 Å². The molecule has 366 valence electrons. The fraction of sp³-hybridized carbons (Fsp3) is 0.589. The molecule has 0 saturated heterocycles. The van der Waals surface area contributed by atoms with Gasteiger partial charge in [-0.25, -0.2) is 4.79 Å². The number of hydrogen-bond acceptors (Lipinski definition) is 9. The first-order valence-corrected chi connectivity index (χ1v) is 25.4. The molecule has 0 bridgehead atoms. The second-order valence-corrected chi connectivity index (χ2v) is 20.0. The molecule has 0 aromatic heterocycles. The van der Waals surface area contributed by atoms with Crippen molar-refractivity contribution in [1.29, 1.82) is 0 Å². The molecule has 1 heterocycles. The molecule has 6 atom stereocenters. The van der Waals surface area contributed by atoms with Crippen LogP contribution in [0.2, 0.25) is 0 Å². The Balaban J connectivity index is 1.38. The highest BCUT2D eigenvalue weighted by Gasteiger charge is 2.65. The summed E-state index contributed by atoms with van der Waals surface area (Å²) in [5.41, 5.74) is 2.50. The lowest BCUT2D eigenvalue weighted by Gasteiger charge is -2.59. The summed E-state index contributed by atoms with van der Waals surface area (Å²) in [4.78, 5) is 36.2. The van der Waals surface area contributed by atoms with E-state index in [1.54, 1.807) is 17.0 Å². The summed E-state index contributed by atoms with van der Waals surface area (Å²) in [6, 6.07) is 18.7. The van der Waals surface area contributed by atoms with Gasteiger partial charge in [-0.1, -0.05) is 125 Å². The summed E-state index contributed by atoms with van der Waals surface area (Å²) < 4.78 is 20.4. The van der Waals surface area contributed by atoms with E-state index in [-0.39, 0.29) is 49.9 Å². The van der Waals surface area contributed by atoms with E-state index in [2.05, 4.69) is 24.9 Å². The Morgan fingerprint density at radius 1 is 0.881 bits per heavy atom. The number of likely N-dealkylation sites (N-methyl/N-ethyl adjacent to an activating group) is 1. The van der Waals surface area contributed by atoms with Crippen LogP contribution in [0.15, 0.2) is 90.1 Å². The van der Waals surface area contributed by atoms with Gasteiger partial charge in [-0.05, 0) is 111 Å². The van der Waals surface area contributed by atoms with E-state index >= 15 is 0 Å². The van der Waals surface area contributed by atoms with Crippen LogP contribution in [0.25, 0.3) is 10.8 Å². The third-order valence-electron chi connectivity index (χ3n) is 13.9. The maximum atomic E-state index is 14.9. The van der Waals surface area contributed by atoms with Gasteiger partial charge in [0.05, 0.1) is 18.2 Å². The van der Waals surface area contributed by atoms with Gasteiger partial charge in [0.1, 0.15) is 23.1 Å². The third-order valence-corrected chi connectivity index (χ3v) is 13.9. The minimum Gasteiger partial charge on any atom is -0.459 e. The molecular weight excluding hydrogens is 843 g/mol. The van der Waals surface area contributed by atoms with Crippen LogP contribution in [0.4, 0.5) is 4.79 Å². The van der Waals surface area contributed by atoms with Crippen molar-refractivity contribution < 1.29 is 38.9 Å². The van der Waals surface area contributed by atoms with Crippen LogP contribution in [-0.4, -0.2) is 83.7 Å². The van der Waals surface area contributed by atoms with Crippen molar-refractivity contribution in [1.82, 2.24) is 10.2 Å². The van der Waals surface area contributed by atoms with Crippen LogP contribution >= 0.6 is 0 Å². The third kappa shape index (κ3) is 13.3. The zero-order chi connectivity index (χ0) is 47.8. The van der Waals surface area contributed by atoms with Gasteiger partial charge in [0, 0.05) is 50.3 Å². The van der Waals surface area contributed by atoms with Crippen LogP contribution in [0.1, 0.15) is 159 Å². The normalized spacial score (nSPS) is 22.6. The van der Waals surface area contributed by atoms with E-state index < -0.39 is 29.4 Å². The number of aliphatic hydroxyl groups excluding tert-OH is 2. The minimum atomic E-state index is -1.40. The molecular formula is C56H79N3O8. The fourth-order valence-corrected chi connectivity index (χ4v) is 10.6. The Bertz CT molecular complexity index is 2150. The van der Waals surface area contributed by atoms with Crippen molar-refractivity contribution in [3.8, 4) is 11.5 Å². The molecule has 6 rings (SSSR count). The number of allylic oxidation sites excluding steroid dienone is 1. The van der Waals surface area contributed by atoms with Gasteiger partial charge < -0.3 is 39.5 Å². The minimum absolute atomic E-state index is 0.0267. The van der Waals surface area contributed by atoms with Crippen LogP contribution in [0.3, 0.4) is 0 Å². The monoisotopic (exact) mass is 922 g/mol. The smallest absolute Gasteiger partial charge is 0.412 e. The molecule has 3 aliphatic rings. The Labute approximate surface area is 400 Å². The molecule has 0 radical (unpaired) electrons. The second kappa shape index (κ2) is 25.1. The molecule has 67 heavy (non-hydrogen) atoms. The first kappa shape index (κ1) is 51.7. The number of benzene rings is 3. The second-order valence-electron chi connectivity index (χ2n) is 20.0. The molecule has 2 amide bonds. The first-order valence-electron chi connectivity index (χ1n) is 25.4. The van der Waals surface area contributed by atoms with Crippen LogP contribution in [-0.2, 0) is 9.57 Å². The van der Waals surface area contributed by atoms with E-state index in [4.69, 9.17) is 24.2 Å². The number of ether oxygens (including phenoxy) is 3. The van der Waals surface area contributed by atoms with Crippen molar-refractivity contribution in [3.05, 3.63) is 96.1 Å². The number of nitrogens with one attached hydrogen (secondary N) is 1. The van der Waals surface area contributed by atoms with Crippen molar-refractivity contribution in [2.24, 2.45) is 22.9 Å². The van der Waals surface area contributed by atoms with Crippen LogP contribution < -0.4 is 14.8 Å². The molecule has 1 fully saturated rings. The Morgan fingerprint density at radius 3 is 2.25 bits per heavy atom. The Morgan fingerprint density at radius 2 is 1.57 bits per heavy atom. The van der Waals surface area contributed by atoms with Gasteiger partial charge in [-0.2, -0.15) is 0 Å². The molecule has 2 aliphatic carbocycles. The molecule has 3 N–H and O–H groups in total. The maximum absolute atomic E-state index is 14.9. The number of carbonyl (C=O) groups excluding carboxylic acids is 2. The number of amides is 2. The van der Waals surface area contributed by atoms with Crippen molar-refractivity contribution >= 4 is 28.5 Å². The van der Waals surface area contributed by atoms with Crippen molar-refractivity contribution in [3.63, 3.8) is 0 Å². The SMILES string of the molecule is C=CCOC12Oc3ccc(OC(=O)NCCCCCCCCCCCC)cc3C3C(CCCCO)C(CCCCO)C=C(C(=NOC(C)(C)C)CC1N(C)C(=O)c1ccc4ccccc4c1)C32. The van der Waals surface area contributed by atoms with E-state index in [9.17, 15) is 19.8 Å². The maximum Gasteiger partial charge on any atom is 0.412 e. The van der Waals surface area contributed by atoms with Gasteiger partial charge in [0.15, 0.2) is 0 Å². The summed E-state index contributed by atoms with van der Waals surface area (Å²) >= 11 is 0. The molecule has 11 nitrogen and oxygen atoms in total. The van der Waals surface area contributed by atoms with Crippen LogP contribution in [0.5, 0.6) is 11.5 Å². The van der Waals surface area contributed by atoms with Gasteiger partial charge in [0.2, 0.25) is 5.79 Å². The fourth-order valence-electron chi connectivity index (χ4n) is 10.6. The van der Waals surface area contributed by atoms with E-state index in [0.717, 1.165) is 72.6 Å². The predicted molar refractivity (Wildman–Crippen MR) is 268 cm³/mol. The molecule has 11 heteroatoms. The van der Waals surface area contributed by atoms with Crippen molar-refractivity contribution in [2.75, 3.05) is 33.4 Å². The standard InChI is InChI=1S/C56H79N3O8/c1-7-9-10-11-12-13-14-15-16-21-32-57-54(63)65-44-30-31-49-47(38-44)51-45(27-20-23-34-61)42(26-19-22-33-60)37-46-48(58-67-55(3,4)5)39-50(56(66-49,52(46)51)64-35-8-2)59(6)53(62)43-29-28-40-24-17-18-25-41(40)36-43/h8,17-18,24-25,28-31,36-38,42,45,50-52,60-61H,2,7,9-16,19-23,26-27,32-35,39H2,1,3-6H3,(H,57,63). The average Bonchev–Trinajstić information content (AvgIpc) is 3.32. The van der Waals surface area contributed by atoms with Crippen molar-refractivity contribution in [2.45, 2.75) is 160 Å². The molecule has 0 spiro atoms. The quantitative estimate of drug-likeness (QED) is 0.0411. The zero-order valence-corrected chi connectivity index (χ0v) is 41.1. The Hall–Kier alpha value is -4.71. The summed E-state index contributed by atoms with van der Waals surface area (Å²) in [5, 5.41) is 29.8. The highest BCUT2D eigenvalue weighted by molar-refractivity contribution is 6.04. The van der Waals surface area contributed by atoms with E-state index in [0.29, 0.717) is 36.4 Å². The summed E-state index contributed by atoms with van der Waals surface area (Å²) in [6.45, 7) is 13.1. The molecule has 6 unspecified atom stereocenters. The number of fused-ring (bicyclic) bond motifs is 3. The van der Waals surface area contributed by atoms with E-state index in [1.807, 2.05) is 82.4 Å². The molecule has 1 saturated carbocycles. The number of oxime groups is 1. The van der Waals surface area contributed by atoms with Gasteiger partial charge in [0.25, 0.3) is 5.91 Å². The number of hydrogen-bond donors (Lipinski definition) is 3. The summed E-state index contributed by atoms with van der Waals surface area (Å²) in [7, 11) is 1.82. The van der Waals surface area contributed by atoms with Gasteiger partial charge in [-0.15, -0.1) is 6.58 Å². The van der Waals surface area contributed by atoms with E-state index in [1.165, 1.54) is 44.9 Å². The molecule has 3 aromatic rings. The number of aliphatic hydroxyl groups is 2. The topological polar surface area (TPSA) is 139 Å². The highest BCUT2D eigenvalue weighted by Crippen LogP contribution is 2.62. The molecule has 3 aromatic carbocycles. The zero-order valence-electron chi connectivity index (χ0n) is 41.1. The lowest BCUT2D eigenvalue weighted by Crippen LogP contribution is -2.69. The van der Waals surface area contributed by atoms with Gasteiger partial charge in [-0.3, -0.25) is 4.79 Å². The lowest BCUT2D eigenvalue weighted by molar-refractivity contribution is -0.252. The summed E-state index contributed by atoms with van der Waals surface area (Å²) in [5.74, 6) is -1.24. The number of nitrogens with zero attached hydrogens (tertiary/aromatic N) is 2. The predicted octanol–water partition coefficient (Wildman–Crippen LogP) is 12.1. The number of carbonyl (C=O) groups is 2. The van der Waals surface area contributed by atoms with Gasteiger partial charge >= 0.3 is 6.09 Å². The largest absolute Gasteiger partial charge is 0.459 e. The highest BCUT2D eigenvalue weighted by atomic mass is 16.7. The Kier molecular flexibility index (Phi) is 19.3. The summed E-state index contributed by atoms with van der Waals surface area (Å²) in [6.07, 6.45) is 20.5. The first-order chi connectivity index (χ1) is 32.4.